The fraction of sp³-hybridized carbons (Fsp3) is 0.0833. The minimum Gasteiger partial charge on any atom is -0.494 e. The van der Waals surface area contributed by atoms with Gasteiger partial charge in [0, 0.05) is 6.21 Å². The van der Waals surface area contributed by atoms with E-state index >= 15 is 0 Å². The number of hydrogen-bond acceptors (Lipinski definition) is 4. The average Bonchev–Trinajstić information content (AvgIpc) is 3.04. The molecule has 0 fully saturated rings. The van der Waals surface area contributed by atoms with Crippen molar-refractivity contribution in [3.05, 3.63) is 101 Å². The van der Waals surface area contributed by atoms with Gasteiger partial charge in [0.05, 0.1) is 23.7 Å². The molecule has 4 rings (SSSR count). The van der Waals surface area contributed by atoms with Gasteiger partial charge in [-0.3, -0.25) is 9.79 Å². The summed E-state index contributed by atoms with van der Waals surface area (Å²) in [4.78, 5) is 17.6. The van der Waals surface area contributed by atoms with Crippen LogP contribution in [0.3, 0.4) is 0 Å². The van der Waals surface area contributed by atoms with E-state index in [-0.39, 0.29) is 17.0 Å². The summed E-state index contributed by atoms with van der Waals surface area (Å²) in [6, 6.07) is 25.6. The molecule has 6 nitrogen and oxygen atoms in total. The first-order chi connectivity index (χ1) is 14.7. The molecule has 1 heterocycles. The molecule has 30 heavy (non-hydrogen) atoms. The smallest absolute Gasteiger partial charge is 0.284 e. The Morgan fingerprint density at radius 2 is 1.43 bits per heavy atom. The second-order valence-corrected chi connectivity index (χ2v) is 6.52. The van der Waals surface area contributed by atoms with Crippen LogP contribution in [0.4, 0.5) is 5.69 Å². The van der Waals surface area contributed by atoms with Crippen LogP contribution in [-0.4, -0.2) is 27.3 Å². The first-order valence-corrected chi connectivity index (χ1v) is 9.64. The molecular weight excluding hydrogens is 378 g/mol. The van der Waals surface area contributed by atoms with Crippen molar-refractivity contribution in [3.63, 3.8) is 0 Å². The zero-order chi connectivity index (χ0) is 20.9. The number of nitrogens with zero attached hydrogens (tertiary/aromatic N) is 3. The second-order valence-electron chi connectivity index (χ2n) is 6.52. The molecule has 0 radical (unpaired) electrons. The maximum absolute atomic E-state index is 13.2. The number of benzene rings is 3. The van der Waals surface area contributed by atoms with Gasteiger partial charge in [0.15, 0.2) is 0 Å². The first-order valence-electron chi connectivity index (χ1n) is 9.64. The quantitative estimate of drug-likeness (QED) is 0.486. The number of ether oxygens (including phenoxy) is 1. The highest BCUT2D eigenvalue weighted by Gasteiger charge is 2.20. The van der Waals surface area contributed by atoms with Crippen molar-refractivity contribution in [1.82, 2.24) is 9.36 Å². The normalized spacial score (nSPS) is 11.1. The highest BCUT2D eigenvalue weighted by Crippen LogP contribution is 2.23. The molecule has 6 heteroatoms. The van der Waals surface area contributed by atoms with Crippen LogP contribution in [0.5, 0.6) is 11.6 Å². The molecule has 0 aliphatic heterocycles. The lowest BCUT2D eigenvalue weighted by Gasteiger charge is -2.12. The maximum atomic E-state index is 13.2. The fourth-order valence-electron chi connectivity index (χ4n) is 3.17. The number of para-hydroxylation sites is 2. The van der Waals surface area contributed by atoms with Gasteiger partial charge >= 0.3 is 0 Å². The first kappa shape index (κ1) is 19.3. The number of aromatic hydroxyl groups is 1. The molecule has 0 saturated carbocycles. The predicted octanol–water partition coefficient (Wildman–Crippen LogP) is 4.48. The van der Waals surface area contributed by atoms with Crippen LogP contribution in [0.1, 0.15) is 12.5 Å². The predicted molar refractivity (Wildman–Crippen MR) is 118 cm³/mol. The summed E-state index contributed by atoms with van der Waals surface area (Å²) in [6.45, 7) is 2.51. The topological polar surface area (TPSA) is 68.8 Å². The third-order valence-electron chi connectivity index (χ3n) is 4.56. The Morgan fingerprint density at radius 1 is 0.867 bits per heavy atom. The van der Waals surface area contributed by atoms with E-state index < -0.39 is 0 Å². The lowest BCUT2D eigenvalue weighted by Crippen LogP contribution is -2.21. The molecule has 150 valence electrons. The Labute approximate surface area is 173 Å². The molecule has 1 aromatic heterocycles. The van der Waals surface area contributed by atoms with Gasteiger partial charge in [-0.15, -0.1) is 0 Å². The Hall–Kier alpha value is -4.06. The van der Waals surface area contributed by atoms with Crippen LogP contribution in [-0.2, 0) is 0 Å². The monoisotopic (exact) mass is 399 g/mol. The Kier molecular flexibility index (Phi) is 5.48. The van der Waals surface area contributed by atoms with Gasteiger partial charge in [0.1, 0.15) is 11.3 Å². The van der Waals surface area contributed by atoms with E-state index in [1.54, 1.807) is 12.1 Å². The van der Waals surface area contributed by atoms with E-state index in [2.05, 4.69) is 4.99 Å². The number of rotatable bonds is 6. The number of aliphatic imine (C=N–C) groups is 1. The van der Waals surface area contributed by atoms with Crippen molar-refractivity contribution < 1.29 is 9.84 Å². The van der Waals surface area contributed by atoms with Crippen molar-refractivity contribution in [2.24, 2.45) is 4.99 Å². The maximum Gasteiger partial charge on any atom is 0.284 e. The number of aromatic nitrogens is 2. The number of hydrogen-bond donors (Lipinski definition) is 1. The average molecular weight is 399 g/mol. The van der Waals surface area contributed by atoms with Crippen molar-refractivity contribution >= 4 is 11.9 Å². The van der Waals surface area contributed by atoms with E-state index in [0.717, 1.165) is 5.75 Å². The highest BCUT2D eigenvalue weighted by atomic mass is 16.5. The van der Waals surface area contributed by atoms with Gasteiger partial charge in [-0.05, 0) is 55.5 Å². The van der Waals surface area contributed by atoms with Gasteiger partial charge in [0.2, 0.25) is 5.88 Å². The van der Waals surface area contributed by atoms with Gasteiger partial charge in [-0.25, -0.2) is 9.36 Å². The van der Waals surface area contributed by atoms with Crippen molar-refractivity contribution in [2.45, 2.75) is 6.92 Å². The second kappa shape index (κ2) is 8.53. The minimum atomic E-state index is -0.364. The fourth-order valence-corrected chi connectivity index (χ4v) is 3.17. The molecule has 0 unspecified atom stereocenters. The molecule has 0 bridgehead atoms. The Balaban J connectivity index is 1.81. The molecule has 0 atom stereocenters. The van der Waals surface area contributed by atoms with E-state index in [4.69, 9.17) is 4.74 Å². The lowest BCUT2D eigenvalue weighted by atomic mass is 10.3. The van der Waals surface area contributed by atoms with Gasteiger partial charge in [-0.2, -0.15) is 0 Å². The summed E-state index contributed by atoms with van der Waals surface area (Å²) in [6.07, 6.45) is 1.40. The van der Waals surface area contributed by atoms with Crippen molar-refractivity contribution in [3.8, 4) is 23.0 Å². The third kappa shape index (κ3) is 3.75. The van der Waals surface area contributed by atoms with Crippen LogP contribution in [0, 0.1) is 0 Å². The summed E-state index contributed by atoms with van der Waals surface area (Å²) in [5, 5.41) is 10.9. The van der Waals surface area contributed by atoms with Crippen molar-refractivity contribution in [1.29, 1.82) is 0 Å². The standard InChI is InChI=1S/C24H21N3O3/c1-2-30-21-15-13-18(14-16-21)25-17-22-23(28)26(19-9-5-3-6-10-19)27(24(22)29)20-11-7-4-8-12-20/h3-17,28H,2H2,1H3. The van der Waals surface area contributed by atoms with Crippen LogP contribution in [0.15, 0.2) is 94.7 Å². The zero-order valence-electron chi connectivity index (χ0n) is 16.5. The molecule has 0 spiro atoms. The molecule has 0 aliphatic carbocycles. The van der Waals surface area contributed by atoms with Gasteiger partial charge in [0.25, 0.3) is 5.56 Å². The van der Waals surface area contributed by atoms with Crippen LogP contribution in [0.2, 0.25) is 0 Å². The molecule has 0 amide bonds. The summed E-state index contributed by atoms with van der Waals surface area (Å²) in [7, 11) is 0. The molecule has 1 N–H and O–H groups in total. The van der Waals surface area contributed by atoms with Gasteiger partial charge < -0.3 is 9.84 Å². The molecule has 0 aliphatic rings. The Morgan fingerprint density at radius 3 is 2.00 bits per heavy atom. The van der Waals surface area contributed by atoms with E-state index in [9.17, 15) is 9.90 Å². The summed E-state index contributed by atoms with van der Waals surface area (Å²) < 4.78 is 8.35. The lowest BCUT2D eigenvalue weighted by molar-refractivity contribution is 0.340. The molecular formula is C24H21N3O3. The van der Waals surface area contributed by atoms with Crippen LogP contribution in [0.25, 0.3) is 11.4 Å². The van der Waals surface area contributed by atoms with Crippen LogP contribution >= 0.6 is 0 Å². The largest absolute Gasteiger partial charge is 0.494 e. The van der Waals surface area contributed by atoms with E-state index in [0.29, 0.717) is 23.7 Å². The highest BCUT2D eigenvalue weighted by molar-refractivity contribution is 5.85. The summed E-state index contributed by atoms with van der Waals surface area (Å²) >= 11 is 0. The molecule has 3 aromatic carbocycles. The Bertz CT molecular complexity index is 1210. The minimum absolute atomic E-state index is 0.108. The van der Waals surface area contributed by atoms with Crippen LogP contribution < -0.4 is 10.3 Å². The zero-order valence-corrected chi connectivity index (χ0v) is 16.5. The van der Waals surface area contributed by atoms with Crippen molar-refractivity contribution in [2.75, 3.05) is 6.61 Å². The summed E-state index contributed by atoms with van der Waals surface area (Å²) in [5.41, 5.74) is 1.70. The summed E-state index contributed by atoms with van der Waals surface area (Å²) in [5.74, 6) is 0.575. The molecule has 4 aromatic rings. The molecule has 0 saturated heterocycles. The third-order valence-corrected chi connectivity index (χ3v) is 4.56. The SMILES string of the molecule is CCOc1ccc(N=Cc2c(O)n(-c3ccccc3)n(-c3ccccc3)c2=O)cc1. The van der Waals surface area contributed by atoms with E-state index in [1.165, 1.54) is 15.6 Å². The van der Waals surface area contributed by atoms with E-state index in [1.807, 2.05) is 79.7 Å². The van der Waals surface area contributed by atoms with Gasteiger partial charge in [-0.1, -0.05) is 36.4 Å².